The molecule has 2 rings (SSSR count). The number of anilines is 1. The zero-order valence-corrected chi connectivity index (χ0v) is 14.7. The van der Waals surface area contributed by atoms with Crippen molar-refractivity contribution >= 4 is 21.8 Å². The van der Waals surface area contributed by atoms with Gasteiger partial charge in [-0.3, -0.25) is 9.52 Å². The Hall–Kier alpha value is -1.64. The Balaban J connectivity index is 2.15. The van der Waals surface area contributed by atoms with E-state index in [-0.39, 0.29) is 11.4 Å². The Labute approximate surface area is 137 Å². The van der Waals surface area contributed by atoms with Gasteiger partial charge in [0.15, 0.2) is 0 Å². The molecule has 1 aromatic rings. The summed E-state index contributed by atoms with van der Waals surface area (Å²) in [6, 6.07) is 6.42. The van der Waals surface area contributed by atoms with E-state index in [0.29, 0.717) is 31.0 Å². The van der Waals surface area contributed by atoms with E-state index in [2.05, 4.69) is 4.72 Å². The molecule has 1 aliphatic heterocycles. The lowest BCUT2D eigenvalue weighted by molar-refractivity contribution is -0.0370. The molecule has 1 amide bonds. The molecular formula is C15H23N3O4S. The molecule has 0 atom stereocenters. The van der Waals surface area contributed by atoms with Crippen LogP contribution < -0.4 is 4.72 Å². The first kappa shape index (κ1) is 17.7. The van der Waals surface area contributed by atoms with Crippen LogP contribution in [0.4, 0.5) is 5.69 Å². The molecule has 0 spiro atoms. The molecule has 1 saturated heterocycles. The first-order valence-corrected chi connectivity index (χ1v) is 8.77. The molecule has 1 fully saturated rings. The zero-order valence-electron chi connectivity index (χ0n) is 13.9. The van der Waals surface area contributed by atoms with Crippen LogP contribution in [0.3, 0.4) is 0 Å². The van der Waals surface area contributed by atoms with Crippen molar-refractivity contribution in [3.05, 3.63) is 29.8 Å². The Kier molecular flexibility index (Phi) is 4.98. The summed E-state index contributed by atoms with van der Waals surface area (Å²) in [6.45, 7) is 5.49. The number of rotatable bonds is 4. The highest BCUT2D eigenvalue weighted by Crippen LogP contribution is 2.22. The predicted octanol–water partition coefficient (Wildman–Crippen LogP) is 1.16. The molecule has 1 aromatic carbocycles. The number of hydrogen-bond donors (Lipinski definition) is 1. The Morgan fingerprint density at radius 1 is 1.26 bits per heavy atom. The third-order valence-corrected chi connectivity index (χ3v) is 5.20. The molecule has 0 unspecified atom stereocenters. The fourth-order valence-corrected chi connectivity index (χ4v) is 2.93. The number of carbonyl (C=O) groups is 1. The number of carbonyl (C=O) groups excluding carboxylic acids is 1. The molecule has 1 heterocycles. The largest absolute Gasteiger partial charge is 0.377 e. The summed E-state index contributed by atoms with van der Waals surface area (Å²) >= 11 is 0. The van der Waals surface area contributed by atoms with Crippen molar-refractivity contribution in [2.75, 3.05) is 38.6 Å². The smallest absolute Gasteiger partial charge is 0.301 e. The minimum absolute atomic E-state index is 0.0830. The minimum Gasteiger partial charge on any atom is -0.377 e. The summed E-state index contributed by atoms with van der Waals surface area (Å²) in [4.78, 5) is 14.4. The number of nitrogens with zero attached hydrogens (tertiary/aromatic N) is 2. The van der Waals surface area contributed by atoms with Gasteiger partial charge in [-0.1, -0.05) is 0 Å². The van der Waals surface area contributed by atoms with E-state index in [1.54, 1.807) is 29.2 Å². The summed E-state index contributed by atoms with van der Waals surface area (Å²) in [6.07, 6.45) is 0. The highest BCUT2D eigenvalue weighted by molar-refractivity contribution is 7.90. The second-order valence-electron chi connectivity index (χ2n) is 6.29. The maximum absolute atomic E-state index is 12.6. The van der Waals surface area contributed by atoms with Gasteiger partial charge < -0.3 is 9.64 Å². The van der Waals surface area contributed by atoms with E-state index in [1.807, 2.05) is 13.8 Å². The lowest BCUT2D eigenvalue weighted by atomic mass is 10.0. The summed E-state index contributed by atoms with van der Waals surface area (Å²) in [5, 5.41) is 0. The van der Waals surface area contributed by atoms with E-state index in [1.165, 1.54) is 14.1 Å². The van der Waals surface area contributed by atoms with E-state index >= 15 is 0 Å². The van der Waals surface area contributed by atoms with Crippen molar-refractivity contribution in [2.45, 2.75) is 19.4 Å². The fraction of sp³-hybridized carbons (Fsp3) is 0.533. The lowest BCUT2D eigenvalue weighted by Gasteiger charge is -2.42. The first-order valence-electron chi connectivity index (χ1n) is 7.33. The monoisotopic (exact) mass is 341 g/mol. The lowest BCUT2D eigenvalue weighted by Crippen LogP contribution is -2.55. The quantitative estimate of drug-likeness (QED) is 0.891. The number of morpholine rings is 1. The van der Waals surface area contributed by atoms with Crippen molar-refractivity contribution in [3.8, 4) is 0 Å². The molecule has 0 radical (unpaired) electrons. The van der Waals surface area contributed by atoms with Crippen LogP contribution in [-0.4, -0.2) is 62.9 Å². The number of amides is 1. The van der Waals surface area contributed by atoms with Crippen molar-refractivity contribution in [3.63, 3.8) is 0 Å². The van der Waals surface area contributed by atoms with Gasteiger partial charge >= 0.3 is 10.2 Å². The van der Waals surface area contributed by atoms with Gasteiger partial charge in [0.1, 0.15) is 0 Å². The van der Waals surface area contributed by atoms with Gasteiger partial charge in [0.05, 0.1) is 18.8 Å². The molecule has 0 saturated carbocycles. The summed E-state index contributed by atoms with van der Waals surface area (Å²) in [5.74, 6) is -0.0830. The molecule has 1 N–H and O–H groups in total. The van der Waals surface area contributed by atoms with Crippen LogP contribution in [0, 0.1) is 0 Å². The summed E-state index contributed by atoms with van der Waals surface area (Å²) in [5.41, 5.74) is 0.574. The fourth-order valence-electron chi connectivity index (χ4n) is 2.31. The van der Waals surface area contributed by atoms with Crippen LogP contribution in [0.2, 0.25) is 0 Å². The maximum Gasteiger partial charge on any atom is 0.301 e. The van der Waals surface area contributed by atoms with E-state index in [0.717, 1.165) is 4.31 Å². The van der Waals surface area contributed by atoms with Crippen LogP contribution >= 0.6 is 0 Å². The molecule has 0 aliphatic carbocycles. The van der Waals surface area contributed by atoms with Gasteiger partial charge in [-0.05, 0) is 38.1 Å². The molecule has 23 heavy (non-hydrogen) atoms. The third-order valence-electron chi connectivity index (χ3n) is 3.75. The van der Waals surface area contributed by atoms with Gasteiger partial charge in [-0.25, -0.2) is 0 Å². The van der Waals surface area contributed by atoms with Crippen LogP contribution in [0.15, 0.2) is 24.3 Å². The van der Waals surface area contributed by atoms with E-state index in [4.69, 9.17) is 4.74 Å². The highest BCUT2D eigenvalue weighted by atomic mass is 32.2. The number of hydrogen-bond acceptors (Lipinski definition) is 4. The average Bonchev–Trinajstić information content (AvgIpc) is 2.46. The van der Waals surface area contributed by atoms with Gasteiger partial charge in [-0.15, -0.1) is 0 Å². The van der Waals surface area contributed by atoms with Gasteiger partial charge in [0.2, 0.25) is 0 Å². The van der Waals surface area contributed by atoms with Crippen LogP contribution in [0.5, 0.6) is 0 Å². The van der Waals surface area contributed by atoms with Crippen LogP contribution in [0.25, 0.3) is 0 Å². The number of benzene rings is 1. The standard InChI is InChI=1S/C15H23N3O4S/c1-15(2)11-22-10-9-18(15)14(19)12-5-7-13(8-6-12)16-23(20,21)17(3)4/h5-8,16H,9-11H2,1-4H3. The third kappa shape index (κ3) is 4.01. The van der Waals surface area contributed by atoms with E-state index < -0.39 is 10.2 Å². The first-order chi connectivity index (χ1) is 10.6. The maximum atomic E-state index is 12.6. The molecule has 0 bridgehead atoms. The molecule has 128 valence electrons. The normalized spacial score (nSPS) is 18.0. The minimum atomic E-state index is -3.55. The summed E-state index contributed by atoms with van der Waals surface area (Å²) in [7, 11) is -0.662. The van der Waals surface area contributed by atoms with Crippen molar-refractivity contribution in [1.29, 1.82) is 0 Å². The average molecular weight is 341 g/mol. The van der Waals surface area contributed by atoms with Crippen LogP contribution in [-0.2, 0) is 14.9 Å². The topological polar surface area (TPSA) is 79.0 Å². The molecule has 1 aliphatic rings. The van der Waals surface area contributed by atoms with Crippen molar-refractivity contribution in [1.82, 2.24) is 9.21 Å². The van der Waals surface area contributed by atoms with Gasteiger partial charge in [-0.2, -0.15) is 12.7 Å². The molecule has 0 aromatic heterocycles. The van der Waals surface area contributed by atoms with E-state index in [9.17, 15) is 13.2 Å². The van der Waals surface area contributed by atoms with Crippen molar-refractivity contribution < 1.29 is 17.9 Å². The highest BCUT2D eigenvalue weighted by Gasteiger charge is 2.34. The van der Waals surface area contributed by atoms with Crippen LogP contribution in [0.1, 0.15) is 24.2 Å². The second kappa shape index (κ2) is 6.46. The van der Waals surface area contributed by atoms with Gasteiger partial charge in [0.25, 0.3) is 5.91 Å². The Morgan fingerprint density at radius 3 is 2.39 bits per heavy atom. The number of ether oxygens (including phenoxy) is 1. The van der Waals surface area contributed by atoms with Gasteiger partial charge in [0, 0.05) is 31.9 Å². The second-order valence-corrected chi connectivity index (χ2v) is 8.17. The Bertz CT molecular complexity index is 668. The SMILES string of the molecule is CN(C)S(=O)(=O)Nc1ccc(C(=O)N2CCOCC2(C)C)cc1. The molecule has 7 nitrogen and oxygen atoms in total. The molecular weight excluding hydrogens is 318 g/mol. The number of nitrogens with one attached hydrogen (secondary N) is 1. The summed E-state index contributed by atoms with van der Waals surface area (Å²) < 4.78 is 32.5. The van der Waals surface area contributed by atoms with Crippen molar-refractivity contribution in [2.24, 2.45) is 0 Å². The molecule has 8 heteroatoms. The predicted molar refractivity (Wildman–Crippen MR) is 88.6 cm³/mol. The Morgan fingerprint density at radius 2 is 1.87 bits per heavy atom. The zero-order chi connectivity index (χ0) is 17.3.